The lowest BCUT2D eigenvalue weighted by molar-refractivity contribution is -0.167. The maximum absolute atomic E-state index is 12.8. The summed E-state index contributed by atoms with van der Waals surface area (Å²) in [5.41, 5.74) is 0. The second-order valence-corrected chi connectivity index (χ2v) is 18.5. The van der Waals surface area contributed by atoms with Crippen LogP contribution in [-0.2, 0) is 28.6 Å². The monoisotopic (exact) mass is 873 g/mol. The average molecular weight is 873 g/mol. The van der Waals surface area contributed by atoms with Gasteiger partial charge < -0.3 is 14.2 Å². The van der Waals surface area contributed by atoms with Crippen molar-refractivity contribution >= 4 is 17.9 Å². The van der Waals surface area contributed by atoms with E-state index in [0.717, 1.165) is 77.0 Å². The van der Waals surface area contributed by atoms with Crippen molar-refractivity contribution in [3.8, 4) is 0 Å². The van der Waals surface area contributed by atoms with Gasteiger partial charge in [-0.15, -0.1) is 0 Å². The Labute approximate surface area is 385 Å². The molecule has 0 aromatic rings. The summed E-state index contributed by atoms with van der Waals surface area (Å²) in [6.07, 6.45) is 58.7. The van der Waals surface area contributed by atoms with E-state index in [1.54, 1.807) is 0 Å². The molecule has 364 valence electrons. The summed E-state index contributed by atoms with van der Waals surface area (Å²) in [4.78, 5) is 38.0. The van der Waals surface area contributed by atoms with Gasteiger partial charge in [0.15, 0.2) is 6.10 Å². The Morgan fingerprint density at radius 2 is 0.581 bits per heavy atom. The van der Waals surface area contributed by atoms with Crippen LogP contribution in [0.15, 0.2) is 24.3 Å². The third kappa shape index (κ3) is 48.9. The van der Waals surface area contributed by atoms with E-state index in [-0.39, 0.29) is 31.1 Å². The highest BCUT2D eigenvalue weighted by molar-refractivity contribution is 5.71. The Morgan fingerprint density at radius 1 is 0.323 bits per heavy atom. The van der Waals surface area contributed by atoms with Crippen molar-refractivity contribution in [2.24, 2.45) is 0 Å². The Balaban J connectivity index is 4.35. The zero-order valence-corrected chi connectivity index (χ0v) is 41.7. The number of carbonyl (C=O) groups is 3. The molecular formula is C56H104O6. The third-order valence-corrected chi connectivity index (χ3v) is 12.2. The maximum atomic E-state index is 12.8. The molecule has 6 heteroatoms. The molecule has 0 saturated carbocycles. The first-order valence-corrected chi connectivity index (χ1v) is 27.3. The standard InChI is InChI=1S/C56H104O6/c1-4-7-10-13-16-19-22-25-27-29-31-34-37-40-43-46-49-55(58)61-52-53(51-60-54(57)48-45-42-39-36-33-30-24-21-18-15-12-9-6-3)62-56(59)50-47-44-41-38-35-32-28-26-23-20-17-14-11-8-5-2/h17,20,26,28,53H,4-16,18-19,21-25,27,29-52H2,1-3H3/b20-17-,28-26-/t53-/m1/s1. The molecule has 0 saturated heterocycles. The second-order valence-electron chi connectivity index (χ2n) is 18.5. The van der Waals surface area contributed by atoms with Gasteiger partial charge in [0.2, 0.25) is 0 Å². The van der Waals surface area contributed by atoms with Gasteiger partial charge in [-0.1, -0.05) is 251 Å². The van der Waals surface area contributed by atoms with E-state index in [2.05, 4.69) is 45.1 Å². The molecule has 0 unspecified atom stereocenters. The summed E-state index contributed by atoms with van der Waals surface area (Å²) in [6, 6.07) is 0. The minimum Gasteiger partial charge on any atom is -0.462 e. The van der Waals surface area contributed by atoms with Gasteiger partial charge in [-0.25, -0.2) is 0 Å². The van der Waals surface area contributed by atoms with Crippen LogP contribution in [0.25, 0.3) is 0 Å². The molecule has 0 fully saturated rings. The van der Waals surface area contributed by atoms with Crippen LogP contribution in [-0.4, -0.2) is 37.2 Å². The molecule has 0 rings (SSSR count). The van der Waals surface area contributed by atoms with Gasteiger partial charge in [0, 0.05) is 19.3 Å². The fourth-order valence-electron chi connectivity index (χ4n) is 8.06. The summed E-state index contributed by atoms with van der Waals surface area (Å²) in [5, 5.41) is 0. The summed E-state index contributed by atoms with van der Waals surface area (Å²) < 4.78 is 16.8. The topological polar surface area (TPSA) is 78.9 Å². The van der Waals surface area contributed by atoms with Gasteiger partial charge in [0.25, 0.3) is 0 Å². The number of hydrogen-bond acceptors (Lipinski definition) is 6. The molecule has 0 bridgehead atoms. The van der Waals surface area contributed by atoms with E-state index < -0.39 is 6.10 Å². The van der Waals surface area contributed by atoms with Crippen LogP contribution in [0.2, 0.25) is 0 Å². The van der Waals surface area contributed by atoms with Crippen LogP contribution >= 0.6 is 0 Å². The van der Waals surface area contributed by atoms with E-state index in [0.29, 0.717) is 19.3 Å². The quantitative estimate of drug-likeness (QED) is 0.0262. The number of allylic oxidation sites excluding steroid dienone is 4. The Kier molecular flexibility index (Phi) is 49.8. The van der Waals surface area contributed by atoms with Crippen LogP contribution in [0.5, 0.6) is 0 Å². The molecule has 0 aliphatic carbocycles. The third-order valence-electron chi connectivity index (χ3n) is 12.2. The van der Waals surface area contributed by atoms with Crippen LogP contribution in [0, 0.1) is 0 Å². The first-order valence-electron chi connectivity index (χ1n) is 27.3. The van der Waals surface area contributed by atoms with E-state index in [9.17, 15) is 14.4 Å². The lowest BCUT2D eigenvalue weighted by Crippen LogP contribution is -2.30. The predicted octanol–water partition coefficient (Wildman–Crippen LogP) is 17.9. The van der Waals surface area contributed by atoms with Crippen molar-refractivity contribution < 1.29 is 28.6 Å². The fourth-order valence-corrected chi connectivity index (χ4v) is 8.06. The molecular weight excluding hydrogens is 769 g/mol. The first kappa shape index (κ1) is 59.9. The van der Waals surface area contributed by atoms with Crippen molar-refractivity contribution in [1.82, 2.24) is 0 Å². The van der Waals surface area contributed by atoms with Gasteiger partial charge >= 0.3 is 17.9 Å². The number of ether oxygens (including phenoxy) is 3. The smallest absolute Gasteiger partial charge is 0.306 e. The number of esters is 3. The predicted molar refractivity (Wildman–Crippen MR) is 266 cm³/mol. The molecule has 0 amide bonds. The van der Waals surface area contributed by atoms with Crippen LogP contribution in [0.3, 0.4) is 0 Å². The second kappa shape index (κ2) is 51.5. The lowest BCUT2D eigenvalue weighted by atomic mass is 10.0. The molecule has 0 aromatic heterocycles. The molecule has 0 heterocycles. The molecule has 6 nitrogen and oxygen atoms in total. The van der Waals surface area contributed by atoms with Crippen LogP contribution in [0.4, 0.5) is 0 Å². The van der Waals surface area contributed by atoms with Crippen molar-refractivity contribution in [3.63, 3.8) is 0 Å². The molecule has 0 aromatic carbocycles. The molecule has 62 heavy (non-hydrogen) atoms. The number of rotatable bonds is 50. The average Bonchev–Trinajstić information content (AvgIpc) is 3.27. The molecule has 0 aliphatic heterocycles. The van der Waals surface area contributed by atoms with Crippen molar-refractivity contribution in [3.05, 3.63) is 24.3 Å². The molecule has 1 atom stereocenters. The highest BCUT2D eigenvalue weighted by atomic mass is 16.6. The van der Waals surface area contributed by atoms with Crippen molar-refractivity contribution in [2.75, 3.05) is 13.2 Å². The van der Waals surface area contributed by atoms with E-state index in [1.807, 2.05) is 0 Å². The summed E-state index contributed by atoms with van der Waals surface area (Å²) >= 11 is 0. The van der Waals surface area contributed by atoms with Gasteiger partial charge in [-0.2, -0.15) is 0 Å². The minimum atomic E-state index is -0.772. The highest BCUT2D eigenvalue weighted by Gasteiger charge is 2.19. The lowest BCUT2D eigenvalue weighted by Gasteiger charge is -2.18. The van der Waals surface area contributed by atoms with Crippen LogP contribution in [0.1, 0.15) is 297 Å². The van der Waals surface area contributed by atoms with Gasteiger partial charge in [-0.05, 0) is 51.4 Å². The molecule has 0 spiro atoms. The van der Waals surface area contributed by atoms with Gasteiger partial charge in [0.05, 0.1) is 0 Å². The Hall–Kier alpha value is -2.11. The van der Waals surface area contributed by atoms with Crippen molar-refractivity contribution in [2.45, 2.75) is 303 Å². The van der Waals surface area contributed by atoms with Gasteiger partial charge in [0.1, 0.15) is 13.2 Å². The Morgan fingerprint density at radius 3 is 0.919 bits per heavy atom. The maximum Gasteiger partial charge on any atom is 0.306 e. The highest BCUT2D eigenvalue weighted by Crippen LogP contribution is 2.16. The number of hydrogen-bond donors (Lipinski definition) is 0. The summed E-state index contributed by atoms with van der Waals surface area (Å²) in [5.74, 6) is -0.868. The summed E-state index contributed by atoms with van der Waals surface area (Å²) in [6.45, 7) is 6.64. The van der Waals surface area contributed by atoms with Gasteiger partial charge in [-0.3, -0.25) is 14.4 Å². The number of carbonyl (C=O) groups excluding carboxylic acids is 3. The fraction of sp³-hybridized carbons (Fsp3) is 0.875. The SMILES string of the molecule is CCCCC/C=C\C/C=C\CCCCCCCC(=O)O[C@H](COC(=O)CCCCCCCCCCCCCCC)COC(=O)CCCCCCCCCCCCCCCCCC. The zero-order chi connectivity index (χ0) is 45.1. The normalized spacial score (nSPS) is 12.1. The first-order chi connectivity index (χ1) is 30.5. The number of unbranched alkanes of at least 4 members (excludes halogenated alkanes) is 35. The van der Waals surface area contributed by atoms with E-state index in [4.69, 9.17) is 14.2 Å². The van der Waals surface area contributed by atoms with E-state index in [1.165, 1.54) is 180 Å². The van der Waals surface area contributed by atoms with Crippen LogP contribution < -0.4 is 0 Å². The molecule has 0 N–H and O–H groups in total. The summed E-state index contributed by atoms with van der Waals surface area (Å²) in [7, 11) is 0. The zero-order valence-electron chi connectivity index (χ0n) is 41.7. The molecule has 0 radical (unpaired) electrons. The largest absolute Gasteiger partial charge is 0.462 e. The Bertz CT molecular complexity index is 1000. The molecule has 0 aliphatic rings. The minimum absolute atomic E-state index is 0.0718. The van der Waals surface area contributed by atoms with Crippen molar-refractivity contribution in [1.29, 1.82) is 0 Å². The van der Waals surface area contributed by atoms with E-state index >= 15 is 0 Å².